The van der Waals surface area contributed by atoms with Crippen LogP contribution in [0.1, 0.15) is 24.1 Å². The standard InChI is InChI=1S/C23H22ClN3O3/c1-15-13-20(28)27-21(25-15)16-5-4-6-17(14-16)26-22(29)23(9-11-30-12-10-23)18-7-2-3-8-19(18)24/h2-8,13-14H,9-12H2,1H3,(H,26,29)(H,25,27,28). The number of aryl methyl sites for hydroxylation is 1. The summed E-state index contributed by atoms with van der Waals surface area (Å²) >= 11 is 6.47. The zero-order chi connectivity index (χ0) is 21.1. The Kier molecular flexibility index (Phi) is 5.70. The number of nitrogens with zero attached hydrogens (tertiary/aromatic N) is 1. The molecule has 7 heteroatoms. The van der Waals surface area contributed by atoms with E-state index in [9.17, 15) is 9.59 Å². The number of anilines is 1. The van der Waals surface area contributed by atoms with Crippen molar-refractivity contribution in [1.82, 2.24) is 9.97 Å². The van der Waals surface area contributed by atoms with E-state index in [0.717, 1.165) is 5.56 Å². The highest BCUT2D eigenvalue weighted by atomic mass is 35.5. The molecule has 1 aliphatic rings. The van der Waals surface area contributed by atoms with Crippen LogP contribution in [0.4, 0.5) is 5.69 Å². The molecule has 1 aromatic heterocycles. The lowest BCUT2D eigenvalue weighted by atomic mass is 9.73. The van der Waals surface area contributed by atoms with Crippen molar-refractivity contribution in [2.45, 2.75) is 25.2 Å². The molecular formula is C23H22ClN3O3. The number of aromatic amines is 1. The lowest BCUT2D eigenvalue weighted by Crippen LogP contribution is -2.45. The summed E-state index contributed by atoms with van der Waals surface area (Å²) in [6, 6.07) is 16.2. The van der Waals surface area contributed by atoms with E-state index in [2.05, 4.69) is 15.3 Å². The summed E-state index contributed by atoms with van der Waals surface area (Å²) < 4.78 is 5.52. The Labute approximate surface area is 179 Å². The fraction of sp³-hybridized carbons (Fsp3) is 0.261. The van der Waals surface area contributed by atoms with Crippen molar-refractivity contribution in [3.63, 3.8) is 0 Å². The molecule has 30 heavy (non-hydrogen) atoms. The second kappa shape index (κ2) is 8.42. The van der Waals surface area contributed by atoms with Gasteiger partial charge in [-0.3, -0.25) is 9.59 Å². The lowest BCUT2D eigenvalue weighted by molar-refractivity contribution is -0.125. The number of halogens is 1. The van der Waals surface area contributed by atoms with Gasteiger partial charge in [-0.25, -0.2) is 4.98 Å². The number of carbonyl (C=O) groups excluding carboxylic acids is 1. The van der Waals surface area contributed by atoms with Crippen molar-refractivity contribution in [3.05, 3.63) is 81.2 Å². The molecule has 1 aliphatic heterocycles. The summed E-state index contributed by atoms with van der Waals surface area (Å²) in [5.41, 5.74) is 1.80. The van der Waals surface area contributed by atoms with Crippen LogP contribution in [0.15, 0.2) is 59.4 Å². The van der Waals surface area contributed by atoms with Crippen LogP contribution >= 0.6 is 11.6 Å². The van der Waals surface area contributed by atoms with Crippen molar-refractivity contribution < 1.29 is 9.53 Å². The number of aromatic nitrogens is 2. The van der Waals surface area contributed by atoms with Gasteiger partial charge >= 0.3 is 0 Å². The number of H-pyrrole nitrogens is 1. The summed E-state index contributed by atoms with van der Waals surface area (Å²) in [6.45, 7) is 2.75. The van der Waals surface area contributed by atoms with Gasteiger partial charge in [0.15, 0.2) is 0 Å². The minimum atomic E-state index is -0.761. The average Bonchev–Trinajstić information content (AvgIpc) is 2.74. The first-order chi connectivity index (χ1) is 14.5. The molecule has 3 aromatic rings. The first-order valence-electron chi connectivity index (χ1n) is 9.80. The Morgan fingerprint density at radius 1 is 1.13 bits per heavy atom. The molecule has 1 fully saturated rings. The number of hydrogen-bond acceptors (Lipinski definition) is 4. The highest BCUT2D eigenvalue weighted by Gasteiger charge is 2.43. The molecule has 0 unspecified atom stereocenters. The van der Waals surface area contributed by atoms with E-state index < -0.39 is 5.41 Å². The Morgan fingerprint density at radius 3 is 2.63 bits per heavy atom. The van der Waals surface area contributed by atoms with Crippen molar-refractivity contribution in [2.75, 3.05) is 18.5 Å². The molecule has 4 rings (SSSR count). The molecule has 154 valence electrons. The van der Waals surface area contributed by atoms with Gasteiger partial charge < -0.3 is 15.0 Å². The van der Waals surface area contributed by atoms with Crippen LogP contribution in [0.5, 0.6) is 0 Å². The van der Waals surface area contributed by atoms with Gasteiger partial charge in [-0.1, -0.05) is 41.9 Å². The molecule has 1 saturated heterocycles. The highest BCUT2D eigenvalue weighted by molar-refractivity contribution is 6.31. The number of carbonyl (C=O) groups is 1. The van der Waals surface area contributed by atoms with Crippen LogP contribution in [-0.2, 0) is 14.9 Å². The van der Waals surface area contributed by atoms with Crippen LogP contribution in [-0.4, -0.2) is 29.1 Å². The summed E-state index contributed by atoms with van der Waals surface area (Å²) in [6.07, 6.45) is 1.10. The number of amides is 1. The molecule has 0 saturated carbocycles. The summed E-state index contributed by atoms with van der Waals surface area (Å²) in [5, 5.41) is 3.62. The predicted molar refractivity (Wildman–Crippen MR) is 117 cm³/mol. The van der Waals surface area contributed by atoms with E-state index in [0.29, 0.717) is 53.8 Å². The van der Waals surface area contributed by atoms with Gasteiger partial charge in [-0.2, -0.15) is 0 Å². The Hall–Kier alpha value is -2.96. The summed E-state index contributed by atoms with van der Waals surface area (Å²) in [5.74, 6) is 0.338. The zero-order valence-corrected chi connectivity index (χ0v) is 17.3. The fourth-order valence-electron chi connectivity index (χ4n) is 3.90. The maximum Gasteiger partial charge on any atom is 0.251 e. The van der Waals surface area contributed by atoms with Gasteiger partial charge in [0.05, 0.1) is 5.41 Å². The van der Waals surface area contributed by atoms with Crippen molar-refractivity contribution >= 4 is 23.2 Å². The van der Waals surface area contributed by atoms with Crippen LogP contribution in [0.2, 0.25) is 5.02 Å². The topological polar surface area (TPSA) is 84.1 Å². The van der Waals surface area contributed by atoms with E-state index in [4.69, 9.17) is 16.3 Å². The van der Waals surface area contributed by atoms with E-state index in [1.54, 1.807) is 13.0 Å². The van der Waals surface area contributed by atoms with Gasteiger partial charge in [0, 0.05) is 41.2 Å². The molecule has 0 bridgehead atoms. The normalized spacial score (nSPS) is 15.5. The molecule has 0 radical (unpaired) electrons. The summed E-state index contributed by atoms with van der Waals surface area (Å²) in [7, 11) is 0. The molecule has 2 heterocycles. The Bertz CT molecular complexity index is 1140. The third-order valence-electron chi connectivity index (χ3n) is 5.43. The predicted octanol–water partition coefficient (Wildman–Crippen LogP) is 4.09. The van der Waals surface area contributed by atoms with E-state index in [1.807, 2.05) is 42.5 Å². The SMILES string of the molecule is Cc1cc(=O)[nH]c(-c2cccc(NC(=O)C3(c4ccccc4Cl)CCOCC3)c2)n1. The van der Waals surface area contributed by atoms with E-state index in [-0.39, 0.29) is 11.5 Å². The zero-order valence-electron chi connectivity index (χ0n) is 16.6. The largest absolute Gasteiger partial charge is 0.381 e. The van der Waals surface area contributed by atoms with Crippen LogP contribution in [0.25, 0.3) is 11.4 Å². The average molecular weight is 424 g/mol. The molecule has 1 amide bonds. The van der Waals surface area contributed by atoms with E-state index in [1.165, 1.54) is 6.07 Å². The van der Waals surface area contributed by atoms with Gasteiger partial charge in [-0.05, 0) is 43.5 Å². The highest BCUT2D eigenvalue weighted by Crippen LogP contribution is 2.39. The van der Waals surface area contributed by atoms with Crippen molar-refractivity contribution in [3.8, 4) is 11.4 Å². The smallest absolute Gasteiger partial charge is 0.251 e. The maximum absolute atomic E-state index is 13.5. The van der Waals surface area contributed by atoms with Gasteiger partial charge in [-0.15, -0.1) is 0 Å². The van der Waals surface area contributed by atoms with E-state index >= 15 is 0 Å². The van der Waals surface area contributed by atoms with Crippen molar-refractivity contribution in [2.24, 2.45) is 0 Å². The first-order valence-corrected chi connectivity index (χ1v) is 10.2. The quantitative estimate of drug-likeness (QED) is 0.662. The lowest BCUT2D eigenvalue weighted by Gasteiger charge is -2.36. The fourth-order valence-corrected chi connectivity index (χ4v) is 4.22. The van der Waals surface area contributed by atoms with Gasteiger partial charge in [0.1, 0.15) is 5.82 Å². The molecule has 6 nitrogen and oxygen atoms in total. The van der Waals surface area contributed by atoms with Crippen molar-refractivity contribution in [1.29, 1.82) is 0 Å². The number of rotatable bonds is 4. The maximum atomic E-state index is 13.5. The molecule has 0 atom stereocenters. The summed E-state index contributed by atoms with van der Waals surface area (Å²) in [4.78, 5) is 32.4. The Morgan fingerprint density at radius 2 is 1.90 bits per heavy atom. The Balaban J connectivity index is 1.67. The minimum Gasteiger partial charge on any atom is -0.381 e. The molecular weight excluding hydrogens is 402 g/mol. The van der Waals surface area contributed by atoms with Crippen LogP contribution < -0.4 is 10.9 Å². The third-order valence-corrected chi connectivity index (χ3v) is 5.76. The number of nitrogens with one attached hydrogen (secondary N) is 2. The number of ether oxygens (including phenoxy) is 1. The molecule has 0 aliphatic carbocycles. The van der Waals surface area contributed by atoms with Gasteiger partial charge in [0.2, 0.25) is 5.91 Å². The third kappa shape index (κ3) is 4.01. The first kappa shape index (κ1) is 20.3. The minimum absolute atomic E-state index is 0.123. The molecule has 0 spiro atoms. The van der Waals surface area contributed by atoms with Crippen LogP contribution in [0, 0.1) is 6.92 Å². The molecule has 2 N–H and O–H groups in total. The number of hydrogen-bond donors (Lipinski definition) is 2. The second-order valence-corrected chi connectivity index (χ2v) is 7.85. The second-order valence-electron chi connectivity index (χ2n) is 7.44. The van der Waals surface area contributed by atoms with Gasteiger partial charge in [0.25, 0.3) is 5.56 Å². The van der Waals surface area contributed by atoms with Crippen LogP contribution in [0.3, 0.4) is 0 Å². The molecule has 2 aromatic carbocycles. The number of benzene rings is 2. The monoisotopic (exact) mass is 423 g/mol.